The average molecular weight is 429 g/mol. The van der Waals surface area contributed by atoms with Crippen LogP contribution in [0, 0.1) is 12.7 Å². The van der Waals surface area contributed by atoms with Crippen molar-refractivity contribution in [3.8, 4) is 11.3 Å². The number of rotatable bonds is 4. The summed E-state index contributed by atoms with van der Waals surface area (Å²) in [6.45, 7) is 1.50. The first-order valence-corrected chi connectivity index (χ1v) is 9.80. The first kappa shape index (κ1) is 19.2. The van der Waals surface area contributed by atoms with Gasteiger partial charge in [-0.05, 0) is 55.5 Å². The number of carbonyl (C=O) groups is 1. The summed E-state index contributed by atoms with van der Waals surface area (Å²) in [5.41, 5.74) is 1.44. The van der Waals surface area contributed by atoms with E-state index in [4.69, 9.17) is 11.6 Å². The van der Waals surface area contributed by atoms with Crippen LogP contribution in [-0.2, 0) is 11.3 Å². The molecule has 0 bridgehead atoms. The number of thiazole rings is 1. The second-order valence-corrected chi connectivity index (χ2v) is 7.92. The van der Waals surface area contributed by atoms with Crippen LogP contribution in [0.5, 0.6) is 0 Å². The lowest BCUT2D eigenvalue weighted by Crippen LogP contribution is -2.30. The Bertz CT molecular complexity index is 1270. The molecule has 0 fully saturated rings. The maximum absolute atomic E-state index is 13.3. The van der Waals surface area contributed by atoms with E-state index < -0.39 is 11.5 Å². The van der Waals surface area contributed by atoms with Crippen LogP contribution in [0.25, 0.3) is 21.5 Å². The highest BCUT2D eigenvalue weighted by atomic mass is 35.5. The molecule has 2 aromatic heterocycles. The van der Waals surface area contributed by atoms with Crippen LogP contribution in [0.15, 0.2) is 53.3 Å². The normalized spacial score (nSPS) is 11.0. The predicted molar refractivity (Wildman–Crippen MR) is 112 cm³/mol. The standard InChI is InChI=1S/C20H14ClFN4O2S/c1-11-23-18-19(29-11)17(12-2-6-14(22)7-3-12)25-26(20(18)28)10-16(27)24-15-8-4-13(21)5-9-15/h2-9H,10H2,1H3,(H,24,27). The summed E-state index contributed by atoms with van der Waals surface area (Å²) in [5, 5.41) is 8.33. The van der Waals surface area contributed by atoms with Crippen molar-refractivity contribution < 1.29 is 9.18 Å². The summed E-state index contributed by atoms with van der Waals surface area (Å²) in [4.78, 5) is 29.5. The van der Waals surface area contributed by atoms with Crippen molar-refractivity contribution in [1.29, 1.82) is 0 Å². The van der Waals surface area contributed by atoms with E-state index in [-0.39, 0.29) is 17.9 Å². The van der Waals surface area contributed by atoms with Gasteiger partial charge in [-0.1, -0.05) is 11.6 Å². The van der Waals surface area contributed by atoms with Crippen molar-refractivity contribution in [1.82, 2.24) is 14.8 Å². The first-order valence-electron chi connectivity index (χ1n) is 8.60. The largest absolute Gasteiger partial charge is 0.324 e. The molecule has 0 saturated carbocycles. The number of nitrogens with one attached hydrogen (secondary N) is 1. The molecule has 0 aliphatic heterocycles. The molecule has 0 aliphatic carbocycles. The molecule has 0 radical (unpaired) electrons. The van der Waals surface area contributed by atoms with Crippen molar-refractivity contribution in [2.45, 2.75) is 13.5 Å². The molecule has 0 atom stereocenters. The molecule has 146 valence electrons. The number of anilines is 1. The minimum Gasteiger partial charge on any atom is -0.324 e. The van der Waals surface area contributed by atoms with Crippen LogP contribution < -0.4 is 10.9 Å². The summed E-state index contributed by atoms with van der Waals surface area (Å²) in [5.74, 6) is -0.792. The van der Waals surface area contributed by atoms with Crippen LogP contribution in [0.2, 0.25) is 5.02 Å². The number of aryl methyl sites for hydroxylation is 1. The zero-order valence-electron chi connectivity index (χ0n) is 15.1. The van der Waals surface area contributed by atoms with Gasteiger partial charge in [0.15, 0.2) is 5.52 Å². The molecule has 29 heavy (non-hydrogen) atoms. The van der Waals surface area contributed by atoms with Gasteiger partial charge in [0, 0.05) is 16.3 Å². The summed E-state index contributed by atoms with van der Waals surface area (Å²) < 4.78 is 15.0. The Kier molecular flexibility index (Phi) is 5.12. The summed E-state index contributed by atoms with van der Waals surface area (Å²) in [6.07, 6.45) is 0. The highest BCUT2D eigenvalue weighted by molar-refractivity contribution is 7.19. The Balaban J connectivity index is 1.73. The molecule has 0 saturated heterocycles. The summed E-state index contributed by atoms with van der Waals surface area (Å²) >= 11 is 7.17. The number of hydrogen-bond acceptors (Lipinski definition) is 5. The van der Waals surface area contributed by atoms with E-state index in [9.17, 15) is 14.0 Å². The van der Waals surface area contributed by atoms with Crippen LogP contribution in [0.4, 0.5) is 10.1 Å². The number of carbonyl (C=O) groups excluding carboxylic acids is 1. The molecule has 0 aliphatic rings. The van der Waals surface area contributed by atoms with Crippen molar-refractivity contribution >= 4 is 44.7 Å². The quantitative estimate of drug-likeness (QED) is 0.527. The van der Waals surface area contributed by atoms with E-state index in [1.807, 2.05) is 0 Å². The highest BCUT2D eigenvalue weighted by Gasteiger charge is 2.18. The molecule has 6 nitrogen and oxygen atoms in total. The van der Waals surface area contributed by atoms with E-state index in [1.165, 1.54) is 23.5 Å². The zero-order chi connectivity index (χ0) is 20.5. The SMILES string of the molecule is Cc1nc2c(=O)n(CC(=O)Nc3ccc(Cl)cc3)nc(-c3ccc(F)cc3)c2s1. The second kappa shape index (κ2) is 7.73. The minimum atomic E-state index is -0.457. The zero-order valence-corrected chi connectivity index (χ0v) is 16.7. The maximum Gasteiger partial charge on any atom is 0.294 e. The number of benzene rings is 2. The Hall–Kier alpha value is -3.10. The molecule has 9 heteroatoms. The van der Waals surface area contributed by atoms with E-state index in [2.05, 4.69) is 15.4 Å². The molecule has 2 aromatic carbocycles. The van der Waals surface area contributed by atoms with Gasteiger partial charge in [-0.25, -0.2) is 14.1 Å². The number of halogens is 2. The predicted octanol–water partition coefficient (Wildman–Crippen LogP) is 4.26. The fourth-order valence-corrected chi connectivity index (χ4v) is 3.88. The number of amides is 1. The van der Waals surface area contributed by atoms with Gasteiger partial charge in [0.05, 0.1) is 9.71 Å². The van der Waals surface area contributed by atoms with Crippen LogP contribution >= 0.6 is 22.9 Å². The van der Waals surface area contributed by atoms with Gasteiger partial charge in [0.2, 0.25) is 5.91 Å². The third-order valence-electron chi connectivity index (χ3n) is 4.15. The molecule has 1 N–H and O–H groups in total. The van der Waals surface area contributed by atoms with Crippen molar-refractivity contribution in [3.63, 3.8) is 0 Å². The fourth-order valence-electron chi connectivity index (χ4n) is 2.84. The van der Waals surface area contributed by atoms with Crippen LogP contribution in [0.3, 0.4) is 0 Å². The van der Waals surface area contributed by atoms with Gasteiger partial charge in [-0.15, -0.1) is 11.3 Å². The monoisotopic (exact) mass is 428 g/mol. The Labute approximate surface area is 173 Å². The Morgan fingerprint density at radius 2 is 1.86 bits per heavy atom. The van der Waals surface area contributed by atoms with Crippen LogP contribution in [0.1, 0.15) is 5.01 Å². The molecule has 4 rings (SSSR count). The average Bonchev–Trinajstić information content (AvgIpc) is 3.09. The van der Waals surface area contributed by atoms with Gasteiger partial charge in [-0.2, -0.15) is 5.10 Å². The molecule has 0 unspecified atom stereocenters. The van der Waals surface area contributed by atoms with Crippen molar-refractivity contribution in [2.24, 2.45) is 0 Å². The van der Waals surface area contributed by atoms with Gasteiger partial charge in [-0.3, -0.25) is 9.59 Å². The molecule has 2 heterocycles. The maximum atomic E-state index is 13.3. The molecular formula is C20H14ClFN4O2S. The molecule has 0 spiro atoms. The van der Waals surface area contributed by atoms with E-state index in [0.717, 1.165) is 4.68 Å². The molecular weight excluding hydrogens is 415 g/mol. The third kappa shape index (κ3) is 4.03. The highest BCUT2D eigenvalue weighted by Crippen LogP contribution is 2.29. The van der Waals surface area contributed by atoms with Crippen molar-refractivity contribution in [2.75, 3.05) is 5.32 Å². The van der Waals surface area contributed by atoms with E-state index >= 15 is 0 Å². The van der Waals surface area contributed by atoms with Gasteiger partial charge < -0.3 is 5.32 Å². The second-order valence-electron chi connectivity index (χ2n) is 6.28. The van der Waals surface area contributed by atoms with Gasteiger partial charge in [0.1, 0.15) is 18.1 Å². The number of hydrogen-bond donors (Lipinski definition) is 1. The first-order chi connectivity index (χ1) is 13.9. The summed E-state index contributed by atoms with van der Waals surface area (Å²) in [7, 11) is 0. The lowest BCUT2D eigenvalue weighted by Gasteiger charge is -2.09. The Morgan fingerprint density at radius 1 is 1.17 bits per heavy atom. The summed E-state index contributed by atoms with van der Waals surface area (Å²) in [6, 6.07) is 12.4. The van der Waals surface area contributed by atoms with E-state index in [1.54, 1.807) is 43.3 Å². The molecule has 4 aromatic rings. The van der Waals surface area contributed by atoms with Crippen molar-refractivity contribution in [3.05, 3.63) is 74.7 Å². The lowest BCUT2D eigenvalue weighted by molar-refractivity contribution is -0.117. The minimum absolute atomic E-state index is 0.237. The smallest absolute Gasteiger partial charge is 0.294 e. The fraction of sp³-hybridized carbons (Fsp3) is 0.100. The molecule has 1 amide bonds. The third-order valence-corrected chi connectivity index (χ3v) is 5.38. The van der Waals surface area contributed by atoms with Gasteiger partial charge >= 0.3 is 0 Å². The lowest BCUT2D eigenvalue weighted by atomic mass is 10.1. The Morgan fingerprint density at radius 3 is 2.55 bits per heavy atom. The van der Waals surface area contributed by atoms with E-state index in [0.29, 0.717) is 31.7 Å². The van der Waals surface area contributed by atoms with Crippen LogP contribution in [-0.4, -0.2) is 20.7 Å². The number of fused-ring (bicyclic) bond motifs is 1. The number of aromatic nitrogens is 3. The number of nitrogens with zero attached hydrogens (tertiary/aromatic N) is 3. The topological polar surface area (TPSA) is 76.9 Å². The van der Waals surface area contributed by atoms with Gasteiger partial charge in [0.25, 0.3) is 5.56 Å².